The van der Waals surface area contributed by atoms with Crippen LogP contribution in [0.5, 0.6) is 0 Å². The van der Waals surface area contributed by atoms with E-state index in [0.717, 1.165) is 6.42 Å². The van der Waals surface area contributed by atoms with Crippen molar-refractivity contribution in [1.29, 1.82) is 0 Å². The van der Waals surface area contributed by atoms with Crippen molar-refractivity contribution >= 4 is 5.97 Å². The summed E-state index contributed by atoms with van der Waals surface area (Å²) in [5.74, 6) is -0.162. The van der Waals surface area contributed by atoms with Gasteiger partial charge >= 0.3 is 5.97 Å². The first-order valence-corrected chi connectivity index (χ1v) is 4.99. The molecule has 0 aromatic carbocycles. The number of carbonyl (C=O) groups is 1. The molecule has 3 heteroatoms. The molecule has 0 saturated heterocycles. The Hall–Kier alpha value is -0.570. The summed E-state index contributed by atoms with van der Waals surface area (Å²) in [6, 6.07) is -0.155. The van der Waals surface area contributed by atoms with E-state index >= 15 is 0 Å². The van der Waals surface area contributed by atoms with Gasteiger partial charge in [-0.1, -0.05) is 20.8 Å². The second kappa shape index (κ2) is 9.52. The first kappa shape index (κ1) is 14.9. The van der Waals surface area contributed by atoms with Gasteiger partial charge in [-0.3, -0.25) is 4.79 Å². The Balaban J connectivity index is 0. The molecule has 1 atom stereocenters. The van der Waals surface area contributed by atoms with Crippen molar-refractivity contribution in [1.82, 2.24) is 5.32 Å². The highest BCUT2D eigenvalue weighted by molar-refractivity contribution is 5.75. The van der Waals surface area contributed by atoms with Gasteiger partial charge in [0.1, 0.15) is 6.04 Å². The van der Waals surface area contributed by atoms with E-state index in [2.05, 4.69) is 5.32 Å². The molecule has 0 saturated carbocycles. The van der Waals surface area contributed by atoms with E-state index in [-0.39, 0.29) is 18.1 Å². The molecule has 3 nitrogen and oxygen atoms in total. The number of nitrogens with one attached hydrogen (secondary N) is 1. The maximum Gasteiger partial charge on any atom is 0.323 e. The number of esters is 1. The van der Waals surface area contributed by atoms with Crippen LogP contribution in [0.3, 0.4) is 0 Å². The predicted molar refractivity (Wildman–Crippen MR) is 55.7 cm³/mol. The van der Waals surface area contributed by atoms with Crippen molar-refractivity contribution < 1.29 is 9.53 Å². The largest absolute Gasteiger partial charge is 0.462 e. The Morgan fingerprint density at radius 3 is 2.08 bits per heavy atom. The molecule has 13 heavy (non-hydrogen) atoms. The number of likely N-dealkylation sites (N-methyl/N-ethyl adjacent to an activating group) is 1. The van der Waals surface area contributed by atoms with Gasteiger partial charge < -0.3 is 10.1 Å². The molecule has 80 valence electrons. The van der Waals surface area contributed by atoms with Crippen molar-refractivity contribution in [3.63, 3.8) is 0 Å². The van der Waals surface area contributed by atoms with Crippen LogP contribution in [0.2, 0.25) is 0 Å². The van der Waals surface area contributed by atoms with Gasteiger partial charge in [0.25, 0.3) is 0 Å². The van der Waals surface area contributed by atoms with Gasteiger partial charge in [-0.25, -0.2) is 0 Å². The SMILES string of the molecule is CC.CC[C@H](NC)C(=O)OC(C)C. The molecule has 0 aromatic rings. The zero-order valence-corrected chi connectivity index (χ0v) is 9.68. The minimum atomic E-state index is -0.162. The summed E-state index contributed by atoms with van der Waals surface area (Å²) in [7, 11) is 1.76. The molecule has 0 aliphatic heterocycles. The third kappa shape index (κ3) is 7.78. The summed E-state index contributed by atoms with van der Waals surface area (Å²) in [4.78, 5) is 11.1. The Morgan fingerprint density at radius 1 is 1.38 bits per heavy atom. The lowest BCUT2D eigenvalue weighted by Crippen LogP contribution is -2.36. The van der Waals surface area contributed by atoms with Gasteiger partial charge in [0.15, 0.2) is 0 Å². The lowest BCUT2D eigenvalue weighted by molar-refractivity contribution is -0.149. The van der Waals surface area contributed by atoms with Crippen LogP contribution in [0.4, 0.5) is 0 Å². The first-order valence-electron chi connectivity index (χ1n) is 4.99. The lowest BCUT2D eigenvalue weighted by Gasteiger charge is -2.14. The minimum Gasteiger partial charge on any atom is -0.462 e. The molecular formula is C10H23NO2. The summed E-state index contributed by atoms with van der Waals surface area (Å²) in [5, 5.41) is 2.88. The van der Waals surface area contributed by atoms with Crippen LogP contribution >= 0.6 is 0 Å². The fourth-order valence-corrected chi connectivity index (χ4v) is 0.803. The highest BCUT2D eigenvalue weighted by atomic mass is 16.5. The predicted octanol–water partition coefficient (Wildman–Crippen LogP) is 1.96. The maximum absolute atomic E-state index is 11.1. The van der Waals surface area contributed by atoms with Gasteiger partial charge in [0, 0.05) is 0 Å². The molecule has 0 rings (SSSR count). The summed E-state index contributed by atoms with van der Waals surface area (Å²) in [6.07, 6.45) is 0.743. The third-order valence-electron chi connectivity index (χ3n) is 1.39. The van der Waals surface area contributed by atoms with E-state index in [1.54, 1.807) is 7.05 Å². The van der Waals surface area contributed by atoms with Crippen molar-refractivity contribution in [2.75, 3.05) is 7.05 Å². The Morgan fingerprint density at radius 2 is 1.85 bits per heavy atom. The first-order chi connectivity index (χ1) is 6.11. The summed E-state index contributed by atoms with van der Waals surface area (Å²) in [6.45, 7) is 9.64. The molecule has 0 radical (unpaired) electrons. The molecule has 0 bridgehead atoms. The van der Waals surface area contributed by atoms with Crippen molar-refractivity contribution in [2.24, 2.45) is 0 Å². The normalized spacial score (nSPS) is 11.6. The zero-order chi connectivity index (χ0) is 10.9. The Kier molecular flexibility index (Phi) is 10.9. The quantitative estimate of drug-likeness (QED) is 0.687. The fourth-order valence-electron chi connectivity index (χ4n) is 0.803. The molecule has 0 spiro atoms. The third-order valence-corrected chi connectivity index (χ3v) is 1.39. The van der Waals surface area contributed by atoms with Crippen molar-refractivity contribution in [3.8, 4) is 0 Å². The van der Waals surface area contributed by atoms with Crippen LogP contribution in [0, 0.1) is 0 Å². The number of hydrogen-bond donors (Lipinski definition) is 1. The molecular weight excluding hydrogens is 166 g/mol. The molecule has 1 N–H and O–H groups in total. The van der Waals surface area contributed by atoms with E-state index in [9.17, 15) is 4.79 Å². The van der Waals surface area contributed by atoms with Gasteiger partial charge in [-0.15, -0.1) is 0 Å². The molecule has 0 aromatic heterocycles. The van der Waals surface area contributed by atoms with Crippen molar-refractivity contribution in [2.45, 2.75) is 53.2 Å². The summed E-state index contributed by atoms with van der Waals surface area (Å²) >= 11 is 0. The number of rotatable bonds is 4. The van der Waals surface area contributed by atoms with Crippen LogP contribution in [0.1, 0.15) is 41.0 Å². The second-order valence-corrected chi connectivity index (χ2v) is 2.74. The van der Waals surface area contributed by atoms with E-state index in [1.165, 1.54) is 0 Å². The smallest absolute Gasteiger partial charge is 0.323 e. The summed E-state index contributed by atoms with van der Waals surface area (Å²) < 4.78 is 4.99. The molecule has 0 unspecified atom stereocenters. The van der Waals surface area contributed by atoms with E-state index in [1.807, 2.05) is 34.6 Å². The van der Waals surface area contributed by atoms with Crippen molar-refractivity contribution in [3.05, 3.63) is 0 Å². The molecule has 0 aliphatic carbocycles. The van der Waals surface area contributed by atoms with E-state index in [0.29, 0.717) is 0 Å². The standard InChI is InChI=1S/C8H17NO2.C2H6/c1-5-7(9-4)8(10)11-6(2)3;1-2/h6-7,9H,5H2,1-4H3;1-2H3/t7-;/m0./s1. The number of ether oxygens (including phenoxy) is 1. The Labute approximate surface area is 81.9 Å². The lowest BCUT2D eigenvalue weighted by atomic mass is 10.2. The minimum absolute atomic E-state index is 0.0232. The maximum atomic E-state index is 11.1. The highest BCUT2D eigenvalue weighted by Gasteiger charge is 2.15. The van der Waals surface area contributed by atoms with Gasteiger partial charge in [-0.05, 0) is 27.3 Å². The molecule has 0 heterocycles. The van der Waals surface area contributed by atoms with Crippen LogP contribution in [-0.2, 0) is 9.53 Å². The van der Waals surface area contributed by atoms with Crippen LogP contribution in [0.25, 0.3) is 0 Å². The Bertz CT molecular complexity index is 120. The van der Waals surface area contributed by atoms with Gasteiger partial charge in [0.05, 0.1) is 6.10 Å². The molecule has 0 amide bonds. The molecule has 0 fully saturated rings. The van der Waals surface area contributed by atoms with Gasteiger partial charge in [0.2, 0.25) is 0 Å². The average Bonchev–Trinajstić information content (AvgIpc) is 2.08. The monoisotopic (exact) mass is 189 g/mol. The van der Waals surface area contributed by atoms with Gasteiger partial charge in [-0.2, -0.15) is 0 Å². The zero-order valence-electron chi connectivity index (χ0n) is 9.68. The highest BCUT2D eigenvalue weighted by Crippen LogP contribution is 1.97. The van der Waals surface area contributed by atoms with E-state index < -0.39 is 0 Å². The van der Waals surface area contributed by atoms with Crippen LogP contribution in [0.15, 0.2) is 0 Å². The number of hydrogen-bond acceptors (Lipinski definition) is 3. The summed E-state index contributed by atoms with van der Waals surface area (Å²) in [5.41, 5.74) is 0. The van der Waals surface area contributed by atoms with Crippen LogP contribution < -0.4 is 5.32 Å². The fraction of sp³-hybridized carbons (Fsp3) is 0.900. The number of carbonyl (C=O) groups excluding carboxylic acids is 1. The second-order valence-electron chi connectivity index (χ2n) is 2.74. The van der Waals surface area contributed by atoms with Crippen LogP contribution in [-0.4, -0.2) is 25.2 Å². The average molecular weight is 189 g/mol. The molecule has 0 aliphatic rings. The topological polar surface area (TPSA) is 38.3 Å². The van der Waals surface area contributed by atoms with E-state index in [4.69, 9.17) is 4.74 Å².